The van der Waals surface area contributed by atoms with E-state index in [1.165, 1.54) is 12.3 Å². The molecular formula is C13H8Cl2N2O. The number of hydrogen-bond acceptors (Lipinski definition) is 2. The minimum absolute atomic E-state index is 0.126. The zero-order valence-electron chi connectivity index (χ0n) is 9.21. The minimum atomic E-state index is -0.257. The average Bonchev–Trinajstić information content (AvgIpc) is 2.32. The molecule has 2 rings (SSSR count). The van der Waals surface area contributed by atoms with Gasteiger partial charge in [-0.25, -0.2) is 0 Å². The molecule has 2 aromatic rings. The number of H-pyrrole nitrogens is 1. The first kappa shape index (κ1) is 12.7. The molecule has 0 bridgehead atoms. The van der Waals surface area contributed by atoms with Crippen LogP contribution in [-0.2, 0) is 6.42 Å². The molecule has 0 unspecified atom stereocenters. The smallest absolute Gasteiger partial charge is 0.248 e. The van der Waals surface area contributed by atoms with Gasteiger partial charge < -0.3 is 4.98 Å². The predicted molar refractivity (Wildman–Crippen MR) is 71.8 cm³/mol. The van der Waals surface area contributed by atoms with E-state index >= 15 is 0 Å². The Labute approximate surface area is 114 Å². The van der Waals surface area contributed by atoms with Crippen LogP contribution in [0.25, 0.3) is 11.1 Å². The second-order valence-corrected chi connectivity index (χ2v) is 4.48. The van der Waals surface area contributed by atoms with E-state index in [1.54, 1.807) is 18.2 Å². The van der Waals surface area contributed by atoms with Crippen LogP contribution in [0.3, 0.4) is 0 Å². The standard InChI is InChI=1S/C13H8Cl2N2O/c14-10-2-1-3-11(15)13(10)9-7-17-12(18)6-8(9)4-5-16/h1-3,6-7H,4H2,(H,17,18). The van der Waals surface area contributed by atoms with Crippen molar-refractivity contribution in [3.8, 4) is 17.2 Å². The van der Waals surface area contributed by atoms with Crippen molar-refractivity contribution in [1.82, 2.24) is 4.98 Å². The maximum Gasteiger partial charge on any atom is 0.248 e. The van der Waals surface area contributed by atoms with Gasteiger partial charge in [0.15, 0.2) is 0 Å². The summed E-state index contributed by atoms with van der Waals surface area (Å²) < 4.78 is 0. The molecule has 1 aromatic heterocycles. The van der Waals surface area contributed by atoms with Crippen LogP contribution in [-0.4, -0.2) is 4.98 Å². The molecular weight excluding hydrogens is 271 g/mol. The van der Waals surface area contributed by atoms with Crippen LogP contribution >= 0.6 is 23.2 Å². The van der Waals surface area contributed by atoms with Crippen LogP contribution in [0.1, 0.15) is 5.56 Å². The number of benzene rings is 1. The van der Waals surface area contributed by atoms with Gasteiger partial charge in [-0.3, -0.25) is 4.79 Å². The van der Waals surface area contributed by atoms with Crippen molar-refractivity contribution in [2.24, 2.45) is 0 Å². The number of aromatic nitrogens is 1. The SMILES string of the molecule is N#CCc1cc(=O)[nH]cc1-c1c(Cl)cccc1Cl. The molecule has 0 saturated carbocycles. The summed E-state index contributed by atoms with van der Waals surface area (Å²) in [4.78, 5) is 13.9. The van der Waals surface area contributed by atoms with Crippen LogP contribution in [0.2, 0.25) is 10.0 Å². The number of nitrogens with one attached hydrogen (secondary N) is 1. The highest BCUT2D eigenvalue weighted by Crippen LogP contribution is 2.35. The molecule has 0 spiro atoms. The summed E-state index contributed by atoms with van der Waals surface area (Å²) in [7, 11) is 0. The summed E-state index contributed by atoms with van der Waals surface area (Å²) >= 11 is 12.2. The number of aromatic amines is 1. The van der Waals surface area contributed by atoms with Crippen LogP contribution in [0, 0.1) is 11.3 Å². The Bertz CT molecular complexity index is 666. The van der Waals surface area contributed by atoms with Crippen LogP contribution in [0.4, 0.5) is 0 Å². The molecule has 1 heterocycles. The third-order valence-corrected chi connectivity index (χ3v) is 3.14. The number of nitriles is 1. The normalized spacial score (nSPS) is 10.1. The maximum absolute atomic E-state index is 11.3. The lowest BCUT2D eigenvalue weighted by molar-refractivity contribution is 1.17. The Morgan fingerprint density at radius 1 is 1.28 bits per heavy atom. The number of nitrogens with zero attached hydrogens (tertiary/aromatic N) is 1. The topological polar surface area (TPSA) is 56.6 Å². The van der Waals surface area contributed by atoms with Crippen molar-refractivity contribution in [1.29, 1.82) is 5.26 Å². The molecule has 0 amide bonds. The Kier molecular flexibility index (Phi) is 3.71. The molecule has 1 aromatic carbocycles. The first-order valence-electron chi connectivity index (χ1n) is 5.16. The van der Waals surface area contributed by atoms with Gasteiger partial charge in [0.1, 0.15) is 0 Å². The average molecular weight is 279 g/mol. The van der Waals surface area contributed by atoms with E-state index in [9.17, 15) is 4.79 Å². The molecule has 0 fully saturated rings. The van der Waals surface area contributed by atoms with Gasteiger partial charge in [0.2, 0.25) is 5.56 Å². The van der Waals surface area contributed by atoms with Gasteiger partial charge in [0.05, 0.1) is 12.5 Å². The van der Waals surface area contributed by atoms with Crippen molar-refractivity contribution in [2.45, 2.75) is 6.42 Å². The van der Waals surface area contributed by atoms with Crippen LogP contribution in [0.5, 0.6) is 0 Å². The second-order valence-electron chi connectivity index (χ2n) is 3.67. The Hall–Kier alpha value is -1.76. The van der Waals surface area contributed by atoms with E-state index in [0.29, 0.717) is 26.7 Å². The fourth-order valence-electron chi connectivity index (χ4n) is 1.73. The Balaban J connectivity index is 2.71. The van der Waals surface area contributed by atoms with E-state index < -0.39 is 0 Å². The lowest BCUT2D eigenvalue weighted by Crippen LogP contribution is -2.06. The van der Waals surface area contributed by atoms with Gasteiger partial charge in [0.25, 0.3) is 0 Å². The fraction of sp³-hybridized carbons (Fsp3) is 0.0769. The molecule has 0 aliphatic heterocycles. The maximum atomic E-state index is 11.3. The molecule has 0 aliphatic rings. The quantitative estimate of drug-likeness (QED) is 0.915. The van der Waals surface area contributed by atoms with E-state index in [0.717, 1.165) is 0 Å². The summed E-state index contributed by atoms with van der Waals surface area (Å²) in [5, 5.41) is 9.75. The summed E-state index contributed by atoms with van der Waals surface area (Å²) in [5.41, 5.74) is 1.65. The van der Waals surface area contributed by atoms with Gasteiger partial charge in [0, 0.05) is 33.4 Å². The van der Waals surface area contributed by atoms with Gasteiger partial charge in [-0.1, -0.05) is 29.3 Å². The van der Waals surface area contributed by atoms with Crippen molar-refractivity contribution < 1.29 is 0 Å². The van der Waals surface area contributed by atoms with Crippen LogP contribution in [0.15, 0.2) is 35.3 Å². The van der Waals surface area contributed by atoms with Crippen molar-refractivity contribution >= 4 is 23.2 Å². The molecule has 0 saturated heterocycles. The number of halogens is 2. The molecule has 0 atom stereocenters. The number of rotatable bonds is 2. The first-order valence-corrected chi connectivity index (χ1v) is 5.92. The molecule has 18 heavy (non-hydrogen) atoms. The van der Waals surface area contributed by atoms with Crippen LogP contribution < -0.4 is 5.56 Å². The summed E-state index contributed by atoms with van der Waals surface area (Å²) in [5.74, 6) is 0. The largest absolute Gasteiger partial charge is 0.328 e. The molecule has 1 N–H and O–H groups in total. The Morgan fingerprint density at radius 2 is 1.94 bits per heavy atom. The fourth-order valence-corrected chi connectivity index (χ4v) is 2.33. The highest BCUT2D eigenvalue weighted by Gasteiger charge is 2.12. The lowest BCUT2D eigenvalue weighted by atomic mass is 10.0. The summed E-state index contributed by atoms with van der Waals surface area (Å²) in [6.07, 6.45) is 1.66. The van der Waals surface area contributed by atoms with Gasteiger partial charge in [-0.2, -0.15) is 5.26 Å². The van der Waals surface area contributed by atoms with E-state index in [4.69, 9.17) is 28.5 Å². The molecule has 3 nitrogen and oxygen atoms in total. The van der Waals surface area contributed by atoms with Crippen molar-refractivity contribution in [2.75, 3.05) is 0 Å². The third-order valence-electron chi connectivity index (χ3n) is 2.51. The van der Waals surface area contributed by atoms with E-state index in [2.05, 4.69) is 4.98 Å². The molecule has 5 heteroatoms. The van der Waals surface area contributed by atoms with Gasteiger partial charge >= 0.3 is 0 Å². The molecule has 90 valence electrons. The lowest BCUT2D eigenvalue weighted by Gasteiger charge is -2.10. The monoisotopic (exact) mass is 278 g/mol. The van der Waals surface area contributed by atoms with E-state index in [-0.39, 0.29) is 12.0 Å². The zero-order chi connectivity index (χ0) is 13.1. The highest BCUT2D eigenvalue weighted by molar-refractivity contribution is 6.39. The first-order chi connectivity index (χ1) is 8.63. The summed E-state index contributed by atoms with van der Waals surface area (Å²) in [6.45, 7) is 0. The Morgan fingerprint density at radius 3 is 2.56 bits per heavy atom. The third kappa shape index (κ3) is 2.40. The predicted octanol–water partition coefficient (Wildman–Crippen LogP) is 3.41. The molecule has 0 radical (unpaired) electrons. The minimum Gasteiger partial charge on any atom is -0.328 e. The second kappa shape index (κ2) is 5.26. The van der Waals surface area contributed by atoms with Crippen molar-refractivity contribution in [3.05, 3.63) is 56.4 Å². The summed E-state index contributed by atoms with van der Waals surface area (Å²) in [6, 6.07) is 8.57. The number of hydrogen-bond donors (Lipinski definition) is 1. The van der Waals surface area contributed by atoms with Gasteiger partial charge in [-0.05, 0) is 17.7 Å². The zero-order valence-corrected chi connectivity index (χ0v) is 10.7. The van der Waals surface area contributed by atoms with Gasteiger partial charge in [-0.15, -0.1) is 0 Å². The molecule has 0 aliphatic carbocycles. The highest BCUT2D eigenvalue weighted by atomic mass is 35.5. The van der Waals surface area contributed by atoms with Crippen molar-refractivity contribution in [3.63, 3.8) is 0 Å². The van der Waals surface area contributed by atoms with E-state index in [1.807, 2.05) is 6.07 Å². The number of pyridine rings is 1.